The number of sulfone groups is 1. The summed E-state index contributed by atoms with van der Waals surface area (Å²) in [6.07, 6.45) is 3.65. The Morgan fingerprint density at radius 3 is 2.36 bits per heavy atom. The Balaban J connectivity index is 1.73. The van der Waals surface area contributed by atoms with E-state index >= 15 is 0 Å². The summed E-state index contributed by atoms with van der Waals surface area (Å²) >= 11 is 0. The molecule has 0 radical (unpaired) electrons. The maximum absolute atomic E-state index is 13.5. The standard InChI is InChI=1S/C18H22F4N2O3S/c19-14-4-5-15(16(11-14)28(26,27)18(20,21)22)23-9-6-13(7-10-23)12-24-8-2-1-3-17(24)25/h4-5,11,13H,1-3,6-10,12H2. The molecule has 0 N–H and O–H groups in total. The van der Waals surface area contributed by atoms with Gasteiger partial charge in [-0.3, -0.25) is 4.79 Å². The van der Waals surface area contributed by atoms with Crippen molar-refractivity contribution in [3.8, 4) is 0 Å². The molecule has 2 fully saturated rings. The molecule has 0 aliphatic carbocycles. The molecule has 10 heteroatoms. The number of carbonyl (C=O) groups excluding carboxylic acids is 1. The van der Waals surface area contributed by atoms with E-state index in [1.54, 1.807) is 4.90 Å². The predicted molar refractivity (Wildman–Crippen MR) is 95.0 cm³/mol. The zero-order valence-corrected chi connectivity index (χ0v) is 16.0. The molecular formula is C18H22F4N2O3S. The molecule has 1 aromatic carbocycles. The minimum absolute atomic E-state index is 0.130. The zero-order chi connectivity index (χ0) is 20.5. The molecule has 0 saturated carbocycles. The smallest absolute Gasteiger partial charge is 0.370 e. The molecule has 5 nitrogen and oxygen atoms in total. The maximum Gasteiger partial charge on any atom is 0.501 e. The summed E-state index contributed by atoms with van der Waals surface area (Å²) < 4.78 is 76.2. The number of benzene rings is 1. The van der Waals surface area contributed by atoms with Crippen LogP contribution in [0.4, 0.5) is 23.2 Å². The van der Waals surface area contributed by atoms with Gasteiger partial charge in [0.1, 0.15) is 10.7 Å². The van der Waals surface area contributed by atoms with Crippen LogP contribution in [0.15, 0.2) is 23.1 Å². The van der Waals surface area contributed by atoms with Crippen LogP contribution in [0, 0.1) is 11.7 Å². The van der Waals surface area contributed by atoms with Gasteiger partial charge in [-0.15, -0.1) is 0 Å². The van der Waals surface area contributed by atoms with Crippen LogP contribution in [0.5, 0.6) is 0 Å². The number of amides is 1. The molecular weight excluding hydrogens is 400 g/mol. The number of likely N-dealkylation sites (tertiary alicyclic amines) is 1. The van der Waals surface area contributed by atoms with E-state index < -0.39 is 26.1 Å². The van der Waals surface area contributed by atoms with Crippen LogP contribution in [-0.4, -0.2) is 50.9 Å². The fourth-order valence-electron chi connectivity index (χ4n) is 3.81. The summed E-state index contributed by atoms with van der Waals surface area (Å²) in [5.74, 6) is -0.697. The molecule has 3 rings (SSSR count). The van der Waals surface area contributed by atoms with Gasteiger partial charge in [-0.25, -0.2) is 12.8 Å². The molecule has 0 spiro atoms. The second-order valence-corrected chi connectivity index (χ2v) is 9.20. The lowest BCUT2D eigenvalue weighted by Gasteiger charge is -2.37. The lowest BCUT2D eigenvalue weighted by molar-refractivity contribution is -0.134. The number of anilines is 1. The highest BCUT2D eigenvalue weighted by atomic mass is 32.2. The van der Waals surface area contributed by atoms with E-state index in [0.29, 0.717) is 45.0 Å². The lowest BCUT2D eigenvalue weighted by Crippen LogP contribution is -2.43. The third-order valence-electron chi connectivity index (χ3n) is 5.37. The summed E-state index contributed by atoms with van der Waals surface area (Å²) in [6, 6.07) is 2.47. The molecule has 1 aromatic rings. The number of piperidine rings is 2. The molecule has 2 saturated heterocycles. The van der Waals surface area contributed by atoms with Crippen molar-refractivity contribution in [3.05, 3.63) is 24.0 Å². The number of carbonyl (C=O) groups is 1. The van der Waals surface area contributed by atoms with Gasteiger partial charge in [0.25, 0.3) is 9.84 Å². The molecule has 2 aliphatic rings. The van der Waals surface area contributed by atoms with Crippen molar-refractivity contribution in [3.63, 3.8) is 0 Å². The topological polar surface area (TPSA) is 57.7 Å². The molecule has 28 heavy (non-hydrogen) atoms. The summed E-state index contributed by atoms with van der Waals surface area (Å²) in [7, 11) is -5.66. The van der Waals surface area contributed by atoms with Gasteiger partial charge in [0.2, 0.25) is 5.91 Å². The molecule has 2 aliphatic heterocycles. The minimum Gasteiger partial charge on any atom is -0.370 e. The highest BCUT2D eigenvalue weighted by Gasteiger charge is 2.48. The van der Waals surface area contributed by atoms with E-state index in [0.717, 1.165) is 31.5 Å². The average Bonchev–Trinajstić information content (AvgIpc) is 2.63. The summed E-state index contributed by atoms with van der Waals surface area (Å²) in [6.45, 7) is 2.03. The van der Waals surface area contributed by atoms with Crippen LogP contribution < -0.4 is 4.90 Å². The lowest BCUT2D eigenvalue weighted by atomic mass is 9.95. The number of hydrogen-bond acceptors (Lipinski definition) is 4. The Hall–Kier alpha value is -1.84. The predicted octanol–water partition coefficient (Wildman–Crippen LogP) is 3.35. The van der Waals surface area contributed by atoms with Crippen molar-refractivity contribution in [2.75, 3.05) is 31.1 Å². The van der Waals surface area contributed by atoms with Crippen molar-refractivity contribution in [1.82, 2.24) is 4.90 Å². The largest absolute Gasteiger partial charge is 0.501 e. The van der Waals surface area contributed by atoms with E-state index in [1.165, 1.54) is 0 Å². The van der Waals surface area contributed by atoms with Crippen LogP contribution in [0.25, 0.3) is 0 Å². The highest BCUT2D eigenvalue weighted by Crippen LogP contribution is 2.37. The van der Waals surface area contributed by atoms with Crippen LogP contribution in [0.3, 0.4) is 0 Å². The average molecular weight is 422 g/mol. The van der Waals surface area contributed by atoms with E-state index in [-0.39, 0.29) is 17.5 Å². The zero-order valence-electron chi connectivity index (χ0n) is 15.2. The quantitative estimate of drug-likeness (QED) is 0.699. The first-order valence-corrected chi connectivity index (χ1v) is 10.7. The van der Waals surface area contributed by atoms with E-state index in [4.69, 9.17) is 0 Å². The Labute approximate surface area is 161 Å². The number of halogens is 4. The first-order chi connectivity index (χ1) is 13.1. The second kappa shape index (κ2) is 7.88. The van der Waals surface area contributed by atoms with Crippen molar-refractivity contribution >= 4 is 21.4 Å². The SMILES string of the molecule is O=C1CCCCN1CC1CCN(c2ccc(F)cc2S(=O)(=O)C(F)(F)F)CC1. The first kappa shape index (κ1) is 20.9. The Morgan fingerprint density at radius 2 is 1.75 bits per heavy atom. The molecule has 0 aromatic heterocycles. The van der Waals surface area contributed by atoms with Gasteiger partial charge >= 0.3 is 5.51 Å². The van der Waals surface area contributed by atoms with E-state index in [1.807, 2.05) is 4.90 Å². The highest BCUT2D eigenvalue weighted by molar-refractivity contribution is 7.92. The van der Waals surface area contributed by atoms with Crippen molar-refractivity contribution < 1.29 is 30.8 Å². The van der Waals surface area contributed by atoms with E-state index in [9.17, 15) is 30.8 Å². The van der Waals surface area contributed by atoms with Crippen molar-refractivity contribution in [1.29, 1.82) is 0 Å². The van der Waals surface area contributed by atoms with Gasteiger partial charge in [-0.05, 0) is 49.8 Å². The third-order valence-corrected chi connectivity index (χ3v) is 6.89. The molecule has 0 bridgehead atoms. The number of hydrogen-bond donors (Lipinski definition) is 0. The number of rotatable bonds is 4. The van der Waals surface area contributed by atoms with Crippen molar-refractivity contribution in [2.45, 2.75) is 42.5 Å². The Bertz CT molecular complexity index is 834. The molecule has 156 valence electrons. The van der Waals surface area contributed by atoms with Gasteiger partial charge < -0.3 is 9.80 Å². The monoisotopic (exact) mass is 422 g/mol. The van der Waals surface area contributed by atoms with Gasteiger partial charge in [-0.1, -0.05) is 0 Å². The fourth-order valence-corrected chi connectivity index (χ4v) is 4.80. The molecule has 0 atom stereocenters. The van der Waals surface area contributed by atoms with Gasteiger partial charge in [0.05, 0.1) is 5.69 Å². The van der Waals surface area contributed by atoms with E-state index in [2.05, 4.69) is 0 Å². The third kappa shape index (κ3) is 4.26. The summed E-state index contributed by atoms with van der Waals surface area (Å²) in [5.41, 5.74) is -5.63. The minimum atomic E-state index is -5.66. The van der Waals surface area contributed by atoms with Crippen LogP contribution in [-0.2, 0) is 14.6 Å². The summed E-state index contributed by atoms with van der Waals surface area (Å²) in [4.78, 5) is 14.3. The van der Waals surface area contributed by atoms with Crippen LogP contribution in [0.2, 0.25) is 0 Å². The van der Waals surface area contributed by atoms with Crippen LogP contribution in [0.1, 0.15) is 32.1 Å². The Morgan fingerprint density at radius 1 is 1.07 bits per heavy atom. The van der Waals surface area contributed by atoms with Gasteiger partial charge in [0, 0.05) is 32.6 Å². The maximum atomic E-state index is 13.5. The van der Waals surface area contributed by atoms with Crippen LogP contribution >= 0.6 is 0 Å². The Kier molecular flexibility index (Phi) is 5.88. The first-order valence-electron chi connectivity index (χ1n) is 9.23. The number of alkyl halides is 3. The normalized spacial score (nSPS) is 19.9. The number of nitrogens with zero attached hydrogens (tertiary/aromatic N) is 2. The van der Waals surface area contributed by atoms with Gasteiger partial charge in [0.15, 0.2) is 0 Å². The summed E-state index contributed by atoms with van der Waals surface area (Å²) in [5, 5.41) is 0. The molecule has 0 unspecified atom stereocenters. The molecule has 1 amide bonds. The van der Waals surface area contributed by atoms with Crippen molar-refractivity contribution in [2.24, 2.45) is 5.92 Å². The van der Waals surface area contributed by atoms with Gasteiger partial charge in [-0.2, -0.15) is 13.2 Å². The fraction of sp³-hybridized carbons (Fsp3) is 0.611. The second-order valence-electron chi connectivity index (χ2n) is 7.29. The molecule has 2 heterocycles.